The lowest BCUT2D eigenvalue weighted by Gasteiger charge is -2.11. The number of hydrogen-bond acceptors (Lipinski definition) is 5. The zero-order valence-corrected chi connectivity index (χ0v) is 15.4. The van der Waals surface area contributed by atoms with Gasteiger partial charge in [0.15, 0.2) is 17.5 Å². The van der Waals surface area contributed by atoms with E-state index in [0.717, 1.165) is 10.9 Å². The summed E-state index contributed by atoms with van der Waals surface area (Å²) in [7, 11) is 0. The Labute approximate surface area is 166 Å². The molecule has 1 aromatic carbocycles. The van der Waals surface area contributed by atoms with E-state index in [4.69, 9.17) is 0 Å². The number of carbonyl (C=O) groups excluding carboxylic acids is 1. The van der Waals surface area contributed by atoms with Crippen molar-refractivity contribution in [2.45, 2.75) is 20.0 Å². The van der Waals surface area contributed by atoms with Crippen molar-refractivity contribution in [3.63, 3.8) is 0 Å². The molecule has 0 bridgehead atoms. The number of amides is 1. The van der Waals surface area contributed by atoms with Crippen molar-refractivity contribution < 1.29 is 27.3 Å². The van der Waals surface area contributed by atoms with Crippen LogP contribution in [-0.2, 0) is 17.9 Å². The largest absolute Gasteiger partial charge is 0.323 e. The maximum Gasteiger partial charge on any atom is 0.306 e. The molecule has 9 nitrogen and oxygen atoms in total. The average molecular weight is 426 g/mol. The van der Waals surface area contributed by atoms with E-state index in [0.29, 0.717) is 0 Å². The Hall–Kier alpha value is -3.77. The molecular weight excluding hydrogens is 412 g/mol. The second-order valence-corrected chi connectivity index (χ2v) is 6.44. The summed E-state index contributed by atoms with van der Waals surface area (Å²) in [6.45, 7) is 1.11. The van der Waals surface area contributed by atoms with Crippen molar-refractivity contribution in [2.24, 2.45) is 5.92 Å². The summed E-state index contributed by atoms with van der Waals surface area (Å²) in [4.78, 5) is 22.3. The van der Waals surface area contributed by atoms with Crippen molar-refractivity contribution in [1.82, 2.24) is 19.6 Å². The zero-order chi connectivity index (χ0) is 22.0. The monoisotopic (exact) mass is 426 g/mol. The third-order valence-electron chi connectivity index (χ3n) is 4.17. The third-order valence-corrected chi connectivity index (χ3v) is 4.17. The van der Waals surface area contributed by atoms with Crippen molar-refractivity contribution in [3.8, 4) is 0 Å². The van der Waals surface area contributed by atoms with E-state index < -0.39 is 52.1 Å². The predicted molar refractivity (Wildman–Crippen MR) is 94.3 cm³/mol. The van der Waals surface area contributed by atoms with Gasteiger partial charge in [0.25, 0.3) is 0 Å². The van der Waals surface area contributed by atoms with Gasteiger partial charge in [0.05, 0.1) is 35.8 Å². The standard InChI is InChI=1S/C17H14F4N6O3/c1-9(5-25-7-11(4-23-25)27(29)30)17(28)24-10-3-22-26(6-10)8-12-13(18)2-14(19)16(21)15(12)20/h2-4,6-7,9H,5,8H2,1H3,(H,24,28). The number of halogens is 4. The highest BCUT2D eigenvalue weighted by atomic mass is 19.2. The van der Waals surface area contributed by atoms with Gasteiger partial charge in [-0.3, -0.25) is 24.3 Å². The summed E-state index contributed by atoms with van der Waals surface area (Å²) in [5.74, 6) is -7.45. The van der Waals surface area contributed by atoms with Crippen LogP contribution < -0.4 is 5.32 Å². The van der Waals surface area contributed by atoms with Crippen molar-refractivity contribution >= 4 is 17.3 Å². The zero-order valence-electron chi connectivity index (χ0n) is 15.4. The first-order chi connectivity index (χ1) is 14.2. The fourth-order valence-electron chi connectivity index (χ4n) is 2.60. The van der Waals surface area contributed by atoms with E-state index in [2.05, 4.69) is 15.5 Å². The molecule has 2 aromatic heterocycles. The number of benzene rings is 1. The van der Waals surface area contributed by atoms with Gasteiger partial charge in [0.2, 0.25) is 5.91 Å². The van der Waals surface area contributed by atoms with Gasteiger partial charge < -0.3 is 5.32 Å². The molecule has 0 aliphatic rings. The molecule has 13 heteroatoms. The Bertz CT molecular complexity index is 1110. The van der Waals surface area contributed by atoms with Crippen LogP contribution in [0.5, 0.6) is 0 Å². The second kappa shape index (κ2) is 8.31. The molecular formula is C17H14F4N6O3. The normalized spacial score (nSPS) is 12.0. The molecule has 158 valence electrons. The molecule has 0 aliphatic heterocycles. The quantitative estimate of drug-likeness (QED) is 0.206. The van der Waals surface area contributed by atoms with Gasteiger partial charge in [0.1, 0.15) is 18.2 Å². The first-order valence-electron chi connectivity index (χ1n) is 8.47. The van der Waals surface area contributed by atoms with Gasteiger partial charge in [-0.2, -0.15) is 10.2 Å². The van der Waals surface area contributed by atoms with Crippen LogP contribution in [0.15, 0.2) is 30.9 Å². The van der Waals surface area contributed by atoms with E-state index in [1.54, 1.807) is 6.92 Å². The SMILES string of the molecule is CC(Cn1cc([N+](=O)[O-])cn1)C(=O)Nc1cnn(Cc2c(F)cc(F)c(F)c2F)c1. The number of nitrogens with zero attached hydrogens (tertiary/aromatic N) is 5. The van der Waals surface area contributed by atoms with Crippen molar-refractivity contribution in [1.29, 1.82) is 0 Å². The molecule has 0 radical (unpaired) electrons. The van der Waals surface area contributed by atoms with Crippen LogP contribution in [-0.4, -0.2) is 30.4 Å². The maximum atomic E-state index is 13.8. The van der Waals surface area contributed by atoms with E-state index in [1.807, 2.05) is 0 Å². The number of hydrogen-bond donors (Lipinski definition) is 1. The molecule has 1 amide bonds. The van der Waals surface area contributed by atoms with Crippen LogP contribution in [0.25, 0.3) is 0 Å². The Morgan fingerprint density at radius 3 is 2.50 bits per heavy atom. The van der Waals surface area contributed by atoms with Gasteiger partial charge in [-0.15, -0.1) is 0 Å². The van der Waals surface area contributed by atoms with Gasteiger partial charge >= 0.3 is 5.69 Å². The van der Waals surface area contributed by atoms with E-state index in [-0.39, 0.29) is 24.0 Å². The molecule has 0 aliphatic carbocycles. The van der Waals surface area contributed by atoms with Crippen LogP contribution in [0, 0.1) is 39.3 Å². The molecule has 1 unspecified atom stereocenters. The highest BCUT2D eigenvalue weighted by Crippen LogP contribution is 2.20. The highest BCUT2D eigenvalue weighted by molar-refractivity contribution is 5.91. The fraction of sp³-hybridized carbons (Fsp3) is 0.235. The summed E-state index contributed by atoms with van der Waals surface area (Å²) in [5, 5.41) is 20.8. The second-order valence-electron chi connectivity index (χ2n) is 6.44. The molecule has 0 saturated carbocycles. The Kier molecular flexibility index (Phi) is 5.80. The summed E-state index contributed by atoms with van der Waals surface area (Å²) >= 11 is 0. The highest BCUT2D eigenvalue weighted by Gasteiger charge is 2.20. The molecule has 0 fully saturated rings. The number of rotatable bonds is 7. The summed E-state index contributed by atoms with van der Waals surface area (Å²) in [5.41, 5.74) is -0.731. The van der Waals surface area contributed by atoms with Crippen LogP contribution in [0.3, 0.4) is 0 Å². The topological polar surface area (TPSA) is 108 Å². The first kappa shape index (κ1) is 21.0. The van der Waals surface area contributed by atoms with Crippen LogP contribution in [0.4, 0.5) is 28.9 Å². The minimum absolute atomic E-state index is 0.0685. The van der Waals surface area contributed by atoms with E-state index in [9.17, 15) is 32.5 Å². The van der Waals surface area contributed by atoms with Gasteiger partial charge in [0, 0.05) is 17.8 Å². The van der Waals surface area contributed by atoms with Crippen molar-refractivity contribution in [3.05, 3.63) is 69.8 Å². The van der Waals surface area contributed by atoms with E-state index >= 15 is 0 Å². The Morgan fingerprint density at radius 2 is 1.83 bits per heavy atom. The molecule has 1 atom stereocenters. The number of nitrogens with one attached hydrogen (secondary N) is 1. The summed E-state index contributed by atoms with van der Waals surface area (Å²) in [6.07, 6.45) is 4.71. The third kappa shape index (κ3) is 4.45. The molecule has 3 aromatic rings. The molecule has 0 spiro atoms. The number of nitro groups is 1. The van der Waals surface area contributed by atoms with Crippen molar-refractivity contribution in [2.75, 3.05) is 5.32 Å². The Morgan fingerprint density at radius 1 is 1.13 bits per heavy atom. The smallest absolute Gasteiger partial charge is 0.306 e. The van der Waals surface area contributed by atoms with Gasteiger partial charge in [-0.25, -0.2) is 17.6 Å². The van der Waals surface area contributed by atoms with Crippen LogP contribution >= 0.6 is 0 Å². The summed E-state index contributed by atoms with van der Waals surface area (Å²) in [6, 6.07) is 0.237. The molecule has 30 heavy (non-hydrogen) atoms. The average Bonchev–Trinajstić information content (AvgIpc) is 3.33. The summed E-state index contributed by atoms with van der Waals surface area (Å²) < 4.78 is 56.1. The lowest BCUT2D eigenvalue weighted by Crippen LogP contribution is -2.24. The number of anilines is 1. The molecule has 2 heterocycles. The lowest BCUT2D eigenvalue weighted by atomic mass is 10.1. The predicted octanol–water partition coefficient (Wildman–Crippen LogP) is 2.87. The van der Waals surface area contributed by atoms with Crippen LogP contribution in [0.1, 0.15) is 12.5 Å². The van der Waals surface area contributed by atoms with Gasteiger partial charge in [-0.05, 0) is 0 Å². The van der Waals surface area contributed by atoms with Gasteiger partial charge in [-0.1, -0.05) is 6.92 Å². The maximum absolute atomic E-state index is 13.8. The molecule has 0 saturated heterocycles. The molecule has 1 N–H and O–H groups in total. The number of aromatic nitrogens is 4. The first-order valence-corrected chi connectivity index (χ1v) is 8.47. The van der Waals surface area contributed by atoms with Crippen LogP contribution in [0.2, 0.25) is 0 Å². The fourth-order valence-corrected chi connectivity index (χ4v) is 2.60. The number of carbonyl (C=O) groups is 1. The Balaban J connectivity index is 1.64. The minimum Gasteiger partial charge on any atom is -0.323 e. The minimum atomic E-state index is -1.79. The molecule has 3 rings (SSSR count). The lowest BCUT2D eigenvalue weighted by molar-refractivity contribution is -0.385. The van der Waals surface area contributed by atoms with E-state index in [1.165, 1.54) is 23.3 Å².